The van der Waals surface area contributed by atoms with Gasteiger partial charge in [-0.15, -0.1) is 12.4 Å². The van der Waals surface area contributed by atoms with E-state index in [0.29, 0.717) is 0 Å². The van der Waals surface area contributed by atoms with E-state index in [1.165, 1.54) is 28.0 Å². The van der Waals surface area contributed by atoms with Gasteiger partial charge in [-0.3, -0.25) is 15.6 Å². The van der Waals surface area contributed by atoms with Crippen LogP contribution in [0.4, 0.5) is 0 Å². The molecule has 1 atom stereocenters. The molecule has 0 spiro atoms. The van der Waals surface area contributed by atoms with Crippen LogP contribution in [-0.4, -0.2) is 37.0 Å². The van der Waals surface area contributed by atoms with Gasteiger partial charge in [0.25, 0.3) is 0 Å². The zero-order valence-corrected chi connectivity index (χ0v) is 13.2. The first-order chi connectivity index (χ1) is 9.16. The SMILES string of the molecule is Cc1ccc(C)c2c1CCC2=NNC1NCCN1C.Cl. The summed E-state index contributed by atoms with van der Waals surface area (Å²) in [6.07, 6.45) is 2.34. The second-order valence-corrected chi connectivity index (χ2v) is 5.58. The summed E-state index contributed by atoms with van der Waals surface area (Å²) in [4.78, 5) is 2.24. The number of nitrogens with one attached hydrogen (secondary N) is 2. The number of hydrazone groups is 1. The zero-order valence-electron chi connectivity index (χ0n) is 12.4. The average molecular weight is 295 g/mol. The molecule has 1 unspecified atom stereocenters. The van der Waals surface area contributed by atoms with E-state index in [2.05, 4.69) is 53.8 Å². The molecule has 1 saturated heterocycles. The van der Waals surface area contributed by atoms with Gasteiger partial charge in [-0.2, -0.15) is 5.10 Å². The molecule has 2 N–H and O–H groups in total. The second-order valence-electron chi connectivity index (χ2n) is 5.58. The third-order valence-corrected chi connectivity index (χ3v) is 4.22. The molecule has 1 heterocycles. The largest absolute Gasteiger partial charge is 0.282 e. The van der Waals surface area contributed by atoms with Crippen LogP contribution in [0.3, 0.4) is 0 Å². The fraction of sp³-hybridized carbons (Fsp3) is 0.533. The van der Waals surface area contributed by atoms with Gasteiger partial charge in [0, 0.05) is 18.7 Å². The smallest absolute Gasteiger partial charge is 0.150 e. The molecule has 0 amide bonds. The minimum atomic E-state index is 0. The Morgan fingerprint density at radius 2 is 2.00 bits per heavy atom. The van der Waals surface area contributed by atoms with Crippen LogP contribution >= 0.6 is 12.4 Å². The van der Waals surface area contributed by atoms with E-state index >= 15 is 0 Å². The molecule has 4 nitrogen and oxygen atoms in total. The molecule has 0 saturated carbocycles. The van der Waals surface area contributed by atoms with E-state index in [-0.39, 0.29) is 18.7 Å². The van der Waals surface area contributed by atoms with Crippen LogP contribution in [0, 0.1) is 13.8 Å². The maximum absolute atomic E-state index is 4.66. The molecule has 20 heavy (non-hydrogen) atoms. The molecular weight excluding hydrogens is 272 g/mol. The van der Waals surface area contributed by atoms with E-state index in [1.54, 1.807) is 0 Å². The van der Waals surface area contributed by atoms with Gasteiger partial charge in [0.1, 0.15) is 6.29 Å². The van der Waals surface area contributed by atoms with E-state index in [4.69, 9.17) is 0 Å². The van der Waals surface area contributed by atoms with Crippen molar-refractivity contribution in [3.63, 3.8) is 0 Å². The van der Waals surface area contributed by atoms with Crippen LogP contribution in [0.2, 0.25) is 0 Å². The molecule has 2 aliphatic rings. The number of likely N-dealkylation sites (N-methyl/N-ethyl adjacent to an activating group) is 1. The highest BCUT2D eigenvalue weighted by atomic mass is 35.5. The van der Waals surface area contributed by atoms with Gasteiger partial charge in [-0.1, -0.05) is 12.1 Å². The average Bonchev–Trinajstić information content (AvgIpc) is 2.98. The van der Waals surface area contributed by atoms with Crippen LogP contribution in [0.1, 0.15) is 28.7 Å². The maximum Gasteiger partial charge on any atom is 0.150 e. The zero-order chi connectivity index (χ0) is 13.4. The fourth-order valence-electron chi connectivity index (χ4n) is 3.02. The number of nitrogens with zero attached hydrogens (tertiary/aromatic N) is 2. The Morgan fingerprint density at radius 1 is 1.25 bits per heavy atom. The number of halogens is 1. The van der Waals surface area contributed by atoms with E-state index < -0.39 is 0 Å². The third-order valence-electron chi connectivity index (χ3n) is 4.22. The molecule has 3 rings (SSSR count). The third kappa shape index (κ3) is 2.68. The van der Waals surface area contributed by atoms with Crippen molar-refractivity contribution in [1.82, 2.24) is 15.6 Å². The van der Waals surface area contributed by atoms with Crippen molar-refractivity contribution in [3.8, 4) is 0 Å². The Hall–Kier alpha value is -1.10. The van der Waals surface area contributed by atoms with Crippen molar-refractivity contribution < 1.29 is 0 Å². The normalized spacial score (nSPS) is 23.8. The summed E-state index contributed by atoms with van der Waals surface area (Å²) < 4.78 is 0. The minimum absolute atomic E-state index is 0. The first-order valence-electron chi connectivity index (χ1n) is 7.02. The first kappa shape index (κ1) is 15.3. The fourth-order valence-corrected chi connectivity index (χ4v) is 3.02. The van der Waals surface area contributed by atoms with Gasteiger partial charge >= 0.3 is 0 Å². The molecular formula is C15H23ClN4. The summed E-state index contributed by atoms with van der Waals surface area (Å²) in [6.45, 7) is 6.46. The lowest BCUT2D eigenvalue weighted by Gasteiger charge is -2.19. The summed E-state index contributed by atoms with van der Waals surface area (Å²) in [6, 6.07) is 4.42. The molecule has 0 radical (unpaired) electrons. The van der Waals surface area contributed by atoms with Crippen molar-refractivity contribution >= 4 is 18.1 Å². The van der Waals surface area contributed by atoms with Crippen molar-refractivity contribution in [3.05, 3.63) is 34.4 Å². The number of benzene rings is 1. The molecule has 1 aromatic carbocycles. The lowest BCUT2D eigenvalue weighted by atomic mass is 9.99. The van der Waals surface area contributed by atoms with Crippen LogP contribution in [0.5, 0.6) is 0 Å². The lowest BCUT2D eigenvalue weighted by molar-refractivity contribution is 0.251. The Bertz CT molecular complexity index is 527. The predicted molar refractivity (Wildman–Crippen MR) is 85.6 cm³/mol. The minimum Gasteiger partial charge on any atom is -0.282 e. The highest BCUT2D eigenvalue weighted by Gasteiger charge is 2.23. The maximum atomic E-state index is 4.66. The summed E-state index contributed by atoms with van der Waals surface area (Å²) in [7, 11) is 2.11. The number of hydrogen-bond donors (Lipinski definition) is 2. The number of fused-ring (bicyclic) bond motifs is 1. The van der Waals surface area contributed by atoms with Crippen LogP contribution < -0.4 is 10.7 Å². The van der Waals surface area contributed by atoms with Gasteiger partial charge < -0.3 is 0 Å². The monoisotopic (exact) mass is 294 g/mol. The van der Waals surface area contributed by atoms with E-state index in [0.717, 1.165) is 25.9 Å². The molecule has 5 heteroatoms. The Balaban J connectivity index is 0.00000147. The number of aryl methyl sites for hydroxylation is 2. The van der Waals surface area contributed by atoms with E-state index in [1.807, 2.05) is 0 Å². The van der Waals surface area contributed by atoms with Gasteiger partial charge in [0.05, 0.1) is 5.71 Å². The molecule has 0 bridgehead atoms. The van der Waals surface area contributed by atoms with Crippen LogP contribution in [0.25, 0.3) is 0 Å². The highest BCUT2D eigenvalue weighted by molar-refractivity contribution is 6.05. The quantitative estimate of drug-likeness (QED) is 0.817. The molecule has 1 aliphatic carbocycles. The molecule has 1 aromatic rings. The van der Waals surface area contributed by atoms with Gasteiger partial charge in [-0.25, -0.2) is 0 Å². The Morgan fingerprint density at radius 3 is 2.70 bits per heavy atom. The van der Waals surface area contributed by atoms with Gasteiger partial charge in [0.2, 0.25) is 0 Å². The molecule has 110 valence electrons. The Kier molecular flexibility index (Phi) is 4.68. The standard InChI is InChI=1S/C15H22N4.ClH/c1-10-4-5-11(2)14-12(10)6-7-13(14)17-18-15-16-8-9-19(15)3;/h4-5,15-16,18H,6-9H2,1-3H3;1H. The number of rotatable bonds is 2. The Labute approximate surface area is 127 Å². The van der Waals surface area contributed by atoms with Crippen molar-refractivity contribution in [2.75, 3.05) is 20.1 Å². The molecule has 1 fully saturated rings. The second kappa shape index (κ2) is 6.12. The molecule has 1 aliphatic heterocycles. The van der Waals surface area contributed by atoms with Gasteiger partial charge in [-0.05, 0) is 50.4 Å². The first-order valence-corrected chi connectivity index (χ1v) is 7.02. The van der Waals surface area contributed by atoms with Crippen LogP contribution in [-0.2, 0) is 6.42 Å². The number of hydrogen-bond acceptors (Lipinski definition) is 4. The van der Waals surface area contributed by atoms with Crippen molar-refractivity contribution in [2.24, 2.45) is 5.10 Å². The summed E-state index contributed by atoms with van der Waals surface area (Å²) in [5.74, 6) is 0. The summed E-state index contributed by atoms with van der Waals surface area (Å²) in [5.41, 5.74) is 10.0. The summed E-state index contributed by atoms with van der Waals surface area (Å²) in [5, 5.41) is 8.05. The summed E-state index contributed by atoms with van der Waals surface area (Å²) >= 11 is 0. The topological polar surface area (TPSA) is 39.7 Å². The molecule has 0 aromatic heterocycles. The van der Waals surface area contributed by atoms with Crippen molar-refractivity contribution in [2.45, 2.75) is 33.0 Å². The highest BCUT2D eigenvalue weighted by Crippen LogP contribution is 2.28. The van der Waals surface area contributed by atoms with Crippen molar-refractivity contribution in [1.29, 1.82) is 0 Å². The lowest BCUT2D eigenvalue weighted by Crippen LogP contribution is -2.43. The predicted octanol–water partition coefficient (Wildman–Crippen LogP) is 1.78. The van der Waals surface area contributed by atoms with Crippen LogP contribution in [0.15, 0.2) is 17.2 Å². The van der Waals surface area contributed by atoms with Gasteiger partial charge in [0.15, 0.2) is 0 Å². The van der Waals surface area contributed by atoms with E-state index in [9.17, 15) is 0 Å².